The number of sulfone groups is 1. The van der Waals surface area contributed by atoms with Crippen molar-refractivity contribution in [2.45, 2.75) is 39.8 Å². The number of aryl methyl sites for hydroxylation is 3. The molecule has 0 aliphatic carbocycles. The fourth-order valence-electron chi connectivity index (χ4n) is 4.01. The summed E-state index contributed by atoms with van der Waals surface area (Å²) < 4.78 is 44.4. The first-order chi connectivity index (χ1) is 14.2. The average Bonchev–Trinajstić information content (AvgIpc) is 3.20. The molecule has 5 nitrogen and oxygen atoms in total. The molecule has 1 aliphatic rings. The molecule has 1 fully saturated rings. The van der Waals surface area contributed by atoms with Gasteiger partial charge in [-0.05, 0) is 56.5 Å². The molecule has 30 heavy (non-hydrogen) atoms. The molecule has 0 N–H and O–H groups in total. The third kappa shape index (κ3) is 3.74. The molecule has 4 rings (SSSR count). The number of hydrogen-bond acceptors (Lipinski definition) is 4. The summed E-state index contributed by atoms with van der Waals surface area (Å²) in [7, 11) is -3.22. The van der Waals surface area contributed by atoms with E-state index in [4.69, 9.17) is 4.42 Å². The maximum Gasteiger partial charge on any atom is 0.290 e. The molecule has 1 aromatic heterocycles. The number of rotatable bonds is 4. The zero-order valence-corrected chi connectivity index (χ0v) is 18.1. The minimum Gasteiger partial charge on any atom is -0.451 e. The summed E-state index contributed by atoms with van der Waals surface area (Å²) in [6.45, 7) is 5.78. The van der Waals surface area contributed by atoms with E-state index >= 15 is 0 Å². The molecule has 158 valence electrons. The van der Waals surface area contributed by atoms with Crippen LogP contribution in [0.15, 0.2) is 40.8 Å². The summed E-state index contributed by atoms with van der Waals surface area (Å²) in [6.07, 6.45) is 0.333. The van der Waals surface area contributed by atoms with Crippen LogP contribution in [-0.2, 0) is 16.4 Å². The van der Waals surface area contributed by atoms with Crippen molar-refractivity contribution in [3.63, 3.8) is 0 Å². The van der Waals surface area contributed by atoms with Gasteiger partial charge in [-0.3, -0.25) is 4.79 Å². The van der Waals surface area contributed by atoms with Crippen molar-refractivity contribution >= 4 is 26.7 Å². The lowest BCUT2D eigenvalue weighted by Crippen LogP contribution is -2.41. The van der Waals surface area contributed by atoms with Gasteiger partial charge in [0, 0.05) is 29.1 Å². The Bertz CT molecular complexity index is 1250. The summed E-state index contributed by atoms with van der Waals surface area (Å²) in [5, 5.41) is 0.853. The Morgan fingerprint density at radius 2 is 1.87 bits per heavy atom. The van der Waals surface area contributed by atoms with Crippen LogP contribution in [-0.4, -0.2) is 36.8 Å². The number of halogens is 1. The maximum absolute atomic E-state index is 14.3. The van der Waals surface area contributed by atoms with E-state index in [2.05, 4.69) is 0 Å². The van der Waals surface area contributed by atoms with Crippen LogP contribution in [0.3, 0.4) is 0 Å². The first-order valence-electron chi connectivity index (χ1n) is 9.91. The number of fused-ring (bicyclic) bond motifs is 1. The smallest absolute Gasteiger partial charge is 0.290 e. The van der Waals surface area contributed by atoms with E-state index in [9.17, 15) is 17.6 Å². The average molecular weight is 430 g/mol. The lowest BCUT2D eigenvalue weighted by atomic mass is 10.0. The Morgan fingerprint density at radius 3 is 2.53 bits per heavy atom. The first-order valence-corrected chi connectivity index (χ1v) is 11.7. The zero-order chi connectivity index (χ0) is 21.6. The van der Waals surface area contributed by atoms with Gasteiger partial charge >= 0.3 is 0 Å². The van der Waals surface area contributed by atoms with E-state index < -0.39 is 27.6 Å². The number of amides is 1. The highest BCUT2D eigenvalue weighted by Gasteiger charge is 2.37. The van der Waals surface area contributed by atoms with E-state index in [0.717, 1.165) is 16.5 Å². The van der Waals surface area contributed by atoms with Crippen molar-refractivity contribution in [1.82, 2.24) is 4.90 Å². The molecule has 1 atom stereocenters. The van der Waals surface area contributed by atoms with E-state index in [-0.39, 0.29) is 23.8 Å². The molecular weight excluding hydrogens is 405 g/mol. The van der Waals surface area contributed by atoms with E-state index in [0.29, 0.717) is 23.1 Å². The fraction of sp³-hybridized carbons (Fsp3) is 0.348. The van der Waals surface area contributed by atoms with Crippen molar-refractivity contribution in [2.75, 3.05) is 11.5 Å². The molecule has 7 heteroatoms. The van der Waals surface area contributed by atoms with E-state index in [1.54, 1.807) is 18.2 Å². The van der Waals surface area contributed by atoms with Gasteiger partial charge in [0.2, 0.25) is 0 Å². The molecule has 1 saturated heterocycles. The Morgan fingerprint density at radius 1 is 1.17 bits per heavy atom. The van der Waals surface area contributed by atoms with Crippen LogP contribution in [0.1, 0.15) is 39.2 Å². The number of benzene rings is 2. The van der Waals surface area contributed by atoms with Gasteiger partial charge < -0.3 is 9.32 Å². The summed E-state index contributed by atoms with van der Waals surface area (Å²) >= 11 is 0. The van der Waals surface area contributed by atoms with Crippen LogP contribution in [0.2, 0.25) is 0 Å². The third-order valence-corrected chi connectivity index (χ3v) is 7.71. The predicted octanol–water partition coefficient (Wildman–Crippen LogP) is 4.33. The van der Waals surface area contributed by atoms with Crippen LogP contribution < -0.4 is 0 Å². The molecule has 0 saturated carbocycles. The molecule has 0 spiro atoms. The van der Waals surface area contributed by atoms with Gasteiger partial charge in [-0.2, -0.15) is 0 Å². The number of hydrogen-bond donors (Lipinski definition) is 0. The lowest BCUT2D eigenvalue weighted by molar-refractivity contribution is 0.0647. The van der Waals surface area contributed by atoms with E-state index in [1.807, 2.05) is 32.9 Å². The predicted molar refractivity (Wildman–Crippen MR) is 114 cm³/mol. The molecule has 1 aliphatic heterocycles. The topological polar surface area (TPSA) is 67.6 Å². The number of nitrogens with zero attached hydrogens (tertiary/aromatic N) is 1. The summed E-state index contributed by atoms with van der Waals surface area (Å²) in [6, 6.07) is 9.59. The molecular formula is C23H24FNO4S. The molecule has 3 aromatic rings. The van der Waals surface area contributed by atoms with Crippen molar-refractivity contribution in [2.24, 2.45) is 0 Å². The Hall–Kier alpha value is -2.67. The SMILES string of the molecule is Cc1cc2oc(C(=O)N(Cc3ccccc3F)[C@@H]3CCS(=O)(=O)C3)c(C)c2cc1C. The van der Waals surface area contributed by atoms with Crippen LogP contribution in [0.5, 0.6) is 0 Å². The lowest BCUT2D eigenvalue weighted by Gasteiger charge is -2.28. The fourth-order valence-corrected chi connectivity index (χ4v) is 5.74. The summed E-state index contributed by atoms with van der Waals surface area (Å²) in [5.74, 6) is -0.760. The van der Waals surface area contributed by atoms with Gasteiger partial charge in [-0.15, -0.1) is 0 Å². The standard InChI is InChI=1S/C23H24FNO4S/c1-14-10-19-16(3)22(29-21(19)11-15(14)2)23(26)25(18-8-9-30(27,28)13-18)12-17-6-4-5-7-20(17)24/h4-7,10-11,18H,8-9,12-13H2,1-3H3/t18-/m1/s1. The highest BCUT2D eigenvalue weighted by atomic mass is 32.2. The molecule has 2 aromatic carbocycles. The van der Waals surface area contributed by atoms with E-state index in [1.165, 1.54) is 11.0 Å². The normalized spacial score (nSPS) is 18.1. The van der Waals surface area contributed by atoms with Crippen LogP contribution >= 0.6 is 0 Å². The van der Waals surface area contributed by atoms with Crippen LogP contribution in [0.25, 0.3) is 11.0 Å². The Labute approximate surface area is 175 Å². The monoisotopic (exact) mass is 429 g/mol. The highest BCUT2D eigenvalue weighted by molar-refractivity contribution is 7.91. The quantitative estimate of drug-likeness (QED) is 0.619. The number of furan rings is 1. The Balaban J connectivity index is 1.77. The third-order valence-electron chi connectivity index (χ3n) is 5.96. The zero-order valence-electron chi connectivity index (χ0n) is 17.2. The van der Waals surface area contributed by atoms with Gasteiger partial charge in [0.15, 0.2) is 15.6 Å². The van der Waals surface area contributed by atoms with Gasteiger partial charge in [-0.25, -0.2) is 12.8 Å². The largest absolute Gasteiger partial charge is 0.451 e. The van der Waals surface area contributed by atoms with Crippen molar-refractivity contribution in [1.29, 1.82) is 0 Å². The summed E-state index contributed by atoms with van der Waals surface area (Å²) in [4.78, 5) is 15.0. The highest BCUT2D eigenvalue weighted by Crippen LogP contribution is 2.31. The maximum atomic E-state index is 14.3. The van der Waals surface area contributed by atoms with Crippen LogP contribution in [0.4, 0.5) is 4.39 Å². The molecule has 0 unspecified atom stereocenters. The molecule has 0 bridgehead atoms. The van der Waals surface area contributed by atoms with Gasteiger partial charge in [0.1, 0.15) is 11.4 Å². The molecule has 0 radical (unpaired) electrons. The minimum absolute atomic E-state index is 0.0137. The number of carbonyl (C=O) groups is 1. The summed E-state index contributed by atoms with van der Waals surface area (Å²) in [5.41, 5.74) is 3.81. The first kappa shape index (κ1) is 20.6. The second-order valence-corrected chi connectivity index (χ2v) is 10.3. The molecule has 1 amide bonds. The van der Waals surface area contributed by atoms with Crippen molar-refractivity contribution in [3.8, 4) is 0 Å². The second-order valence-electron chi connectivity index (χ2n) is 8.07. The van der Waals surface area contributed by atoms with Gasteiger partial charge in [0.05, 0.1) is 11.5 Å². The molecule has 2 heterocycles. The van der Waals surface area contributed by atoms with Crippen molar-refractivity contribution < 1.29 is 22.0 Å². The van der Waals surface area contributed by atoms with Crippen molar-refractivity contribution in [3.05, 3.63) is 70.2 Å². The second kappa shape index (κ2) is 7.54. The number of carbonyl (C=O) groups excluding carboxylic acids is 1. The van der Waals surface area contributed by atoms with Gasteiger partial charge in [-0.1, -0.05) is 18.2 Å². The van der Waals surface area contributed by atoms with Crippen LogP contribution in [0, 0.1) is 26.6 Å². The van der Waals surface area contributed by atoms with Gasteiger partial charge in [0.25, 0.3) is 5.91 Å². The Kier molecular flexibility index (Phi) is 5.18. The minimum atomic E-state index is -3.22.